The van der Waals surface area contributed by atoms with Gasteiger partial charge in [0.25, 0.3) is 0 Å². The van der Waals surface area contributed by atoms with Crippen molar-refractivity contribution in [2.24, 2.45) is 5.92 Å². The lowest BCUT2D eigenvalue weighted by molar-refractivity contribution is -0.311. The molecule has 6 heteroatoms. The highest BCUT2D eigenvalue weighted by Crippen LogP contribution is 2.25. The zero-order chi connectivity index (χ0) is 16.8. The number of carbonyl (C=O) groups excluding carboxylic acids is 2. The number of amides is 1. The van der Waals surface area contributed by atoms with E-state index in [1.165, 1.54) is 6.07 Å². The maximum absolute atomic E-state index is 12.0. The van der Waals surface area contributed by atoms with Crippen LogP contribution in [0.5, 0.6) is 0 Å². The number of hydrogen-bond acceptors (Lipinski definition) is 3. The van der Waals surface area contributed by atoms with Crippen molar-refractivity contribution in [1.29, 1.82) is 0 Å². The molecule has 120 valence electrons. The highest BCUT2D eigenvalue weighted by molar-refractivity contribution is 6.42. The topological polar surface area (TPSA) is 69.2 Å². The van der Waals surface area contributed by atoms with E-state index in [1.54, 1.807) is 12.1 Å². The number of hydrogen-bond donors (Lipinski definition) is 1. The molecule has 23 heavy (non-hydrogen) atoms. The highest BCUT2D eigenvalue weighted by atomic mass is 35.5. The zero-order valence-electron chi connectivity index (χ0n) is 12.1. The van der Waals surface area contributed by atoms with E-state index < -0.39 is 17.8 Å². The standard InChI is InChI=1S/C17H15Cl2NO3/c18-14-7-6-13(10-15(14)19)20-16(21)9-12(17(22)23)8-11-4-2-1-3-5-11/h1-7,10,12H,8-9H2,(H,20,21)(H,22,23)/p-1/t12-/m0/s1. The second kappa shape index (κ2) is 7.99. The molecule has 0 unspecified atom stereocenters. The lowest BCUT2D eigenvalue weighted by atomic mass is 9.96. The summed E-state index contributed by atoms with van der Waals surface area (Å²) in [6.07, 6.45) is 0.0510. The summed E-state index contributed by atoms with van der Waals surface area (Å²) >= 11 is 11.7. The second-order valence-electron chi connectivity index (χ2n) is 5.09. The molecule has 2 aromatic rings. The van der Waals surface area contributed by atoms with Gasteiger partial charge in [0.1, 0.15) is 0 Å². The minimum atomic E-state index is -1.25. The molecule has 2 rings (SSSR count). The summed E-state index contributed by atoms with van der Waals surface area (Å²) < 4.78 is 0. The summed E-state index contributed by atoms with van der Waals surface area (Å²) in [5.74, 6) is -2.58. The van der Waals surface area contributed by atoms with Crippen molar-refractivity contribution in [2.75, 3.05) is 5.32 Å². The Hall–Kier alpha value is -2.04. The van der Waals surface area contributed by atoms with Gasteiger partial charge in [-0.3, -0.25) is 4.79 Å². The highest BCUT2D eigenvalue weighted by Gasteiger charge is 2.16. The Morgan fingerprint density at radius 1 is 1.04 bits per heavy atom. The zero-order valence-corrected chi connectivity index (χ0v) is 13.6. The van der Waals surface area contributed by atoms with Crippen LogP contribution in [-0.4, -0.2) is 11.9 Å². The van der Waals surface area contributed by atoms with Crippen LogP contribution < -0.4 is 10.4 Å². The Balaban J connectivity index is 2.00. The molecule has 0 aliphatic rings. The van der Waals surface area contributed by atoms with Crippen LogP contribution in [0.15, 0.2) is 48.5 Å². The number of benzene rings is 2. The predicted octanol–water partition coefficient (Wildman–Crippen LogP) is 2.93. The number of halogens is 2. The second-order valence-corrected chi connectivity index (χ2v) is 5.90. The quantitative estimate of drug-likeness (QED) is 0.870. The number of rotatable bonds is 6. The number of carboxylic acids is 1. The van der Waals surface area contributed by atoms with E-state index in [0.29, 0.717) is 15.7 Å². The van der Waals surface area contributed by atoms with Crippen molar-refractivity contribution in [3.05, 3.63) is 64.1 Å². The molecule has 0 aliphatic heterocycles. The molecule has 0 radical (unpaired) electrons. The summed E-state index contributed by atoms with van der Waals surface area (Å²) in [7, 11) is 0. The molecule has 0 saturated heterocycles. The van der Waals surface area contributed by atoms with Gasteiger partial charge in [-0.1, -0.05) is 53.5 Å². The SMILES string of the molecule is O=C(C[C@H](Cc1ccccc1)C(=O)[O-])Nc1ccc(Cl)c(Cl)c1. The Bertz CT molecular complexity index is 704. The van der Waals surface area contributed by atoms with Crippen LogP contribution in [-0.2, 0) is 16.0 Å². The van der Waals surface area contributed by atoms with Gasteiger partial charge < -0.3 is 15.2 Å². The van der Waals surface area contributed by atoms with Crippen molar-refractivity contribution in [3.8, 4) is 0 Å². The third-order valence-electron chi connectivity index (χ3n) is 3.29. The fraction of sp³-hybridized carbons (Fsp3) is 0.176. The Kier molecular flexibility index (Phi) is 6.02. The third kappa shape index (κ3) is 5.27. The van der Waals surface area contributed by atoms with Gasteiger partial charge in [-0.15, -0.1) is 0 Å². The fourth-order valence-electron chi connectivity index (χ4n) is 2.15. The Morgan fingerprint density at radius 2 is 1.74 bits per heavy atom. The molecular weight excluding hydrogens is 337 g/mol. The van der Waals surface area contributed by atoms with Crippen molar-refractivity contribution in [2.45, 2.75) is 12.8 Å². The van der Waals surface area contributed by atoms with E-state index in [2.05, 4.69) is 5.32 Å². The third-order valence-corrected chi connectivity index (χ3v) is 4.03. The van der Waals surface area contributed by atoms with Crippen LogP contribution in [0.2, 0.25) is 10.0 Å². The van der Waals surface area contributed by atoms with Crippen molar-refractivity contribution in [1.82, 2.24) is 0 Å². The van der Waals surface area contributed by atoms with Gasteiger partial charge in [0.05, 0.1) is 10.0 Å². The van der Waals surface area contributed by atoms with Crippen LogP contribution in [0.1, 0.15) is 12.0 Å². The van der Waals surface area contributed by atoms with Crippen LogP contribution in [0.25, 0.3) is 0 Å². The van der Waals surface area contributed by atoms with Crippen LogP contribution >= 0.6 is 23.2 Å². The normalized spacial score (nSPS) is 11.7. The maximum Gasteiger partial charge on any atom is 0.225 e. The van der Waals surface area contributed by atoms with Crippen molar-refractivity contribution in [3.63, 3.8) is 0 Å². The van der Waals surface area contributed by atoms with E-state index in [1.807, 2.05) is 30.3 Å². The lowest BCUT2D eigenvalue weighted by Crippen LogP contribution is -2.35. The number of carboxylic acid groups (broad SMARTS) is 1. The van der Waals surface area contributed by atoms with E-state index in [-0.39, 0.29) is 12.8 Å². The molecule has 0 fully saturated rings. The van der Waals surface area contributed by atoms with E-state index in [4.69, 9.17) is 23.2 Å². The molecule has 0 heterocycles. The summed E-state index contributed by atoms with van der Waals surface area (Å²) in [6.45, 7) is 0. The van der Waals surface area contributed by atoms with Gasteiger partial charge in [-0.25, -0.2) is 0 Å². The first kappa shape index (κ1) is 17.3. The summed E-state index contributed by atoms with van der Waals surface area (Å²) in [5, 5.41) is 14.6. The molecule has 0 spiro atoms. The first-order valence-corrected chi connectivity index (χ1v) is 7.71. The van der Waals surface area contributed by atoms with Gasteiger partial charge in [0.2, 0.25) is 5.91 Å². The smallest absolute Gasteiger partial charge is 0.225 e. The predicted molar refractivity (Wildman–Crippen MR) is 88.4 cm³/mol. The Morgan fingerprint density at radius 3 is 2.35 bits per heavy atom. The van der Waals surface area contributed by atoms with E-state index in [9.17, 15) is 14.7 Å². The molecular formula is C17H14Cl2NO3-. The average Bonchev–Trinajstić information content (AvgIpc) is 2.51. The van der Waals surface area contributed by atoms with Gasteiger partial charge in [-0.05, 0) is 30.2 Å². The monoisotopic (exact) mass is 350 g/mol. The molecule has 2 aromatic carbocycles. The molecule has 0 bridgehead atoms. The van der Waals surface area contributed by atoms with Crippen molar-refractivity contribution >= 4 is 40.8 Å². The van der Waals surface area contributed by atoms with E-state index in [0.717, 1.165) is 5.56 Å². The number of anilines is 1. The molecule has 0 aromatic heterocycles. The Labute approximate surface area is 144 Å². The molecule has 0 aliphatic carbocycles. The summed E-state index contributed by atoms with van der Waals surface area (Å²) in [4.78, 5) is 23.3. The number of carbonyl (C=O) groups is 2. The average molecular weight is 351 g/mol. The van der Waals surface area contributed by atoms with Gasteiger partial charge in [0, 0.05) is 24.0 Å². The molecule has 1 atom stereocenters. The lowest BCUT2D eigenvalue weighted by Gasteiger charge is -2.18. The first-order valence-electron chi connectivity index (χ1n) is 6.95. The number of aliphatic carboxylic acids is 1. The van der Waals surface area contributed by atoms with Crippen LogP contribution in [0.4, 0.5) is 5.69 Å². The minimum Gasteiger partial charge on any atom is -0.550 e. The van der Waals surface area contributed by atoms with Crippen molar-refractivity contribution < 1.29 is 14.7 Å². The molecule has 1 amide bonds. The first-order chi connectivity index (χ1) is 11.0. The molecule has 4 nitrogen and oxygen atoms in total. The summed E-state index contributed by atoms with van der Waals surface area (Å²) in [6, 6.07) is 13.8. The van der Waals surface area contributed by atoms with Gasteiger partial charge >= 0.3 is 0 Å². The van der Waals surface area contributed by atoms with Gasteiger partial charge in [-0.2, -0.15) is 0 Å². The summed E-state index contributed by atoms with van der Waals surface area (Å²) in [5.41, 5.74) is 1.30. The van der Waals surface area contributed by atoms with E-state index >= 15 is 0 Å². The fourth-order valence-corrected chi connectivity index (χ4v) is 2.45. The largest absolute Gasteiger partial charge is 0.550 e. The molecule has 1 N–H and O–H groups in total. The minimum absolute atomic E-state index is 0.183. The van der Waals surface area contributed by atoms with Crippen LogP contribution in [0, 0.1) is 5.92 Å². The van der Waals surface area contributed by atoms with Crippen LogP contribution in [0.3, 0.4) is 0 Å². The molecule has 0 saturated carbocycles. The maximum atomic E-state index is 12.0. The number of nitrogens with one attached hydrogen (secondary N) is 1. The van der Waals surface area contributed by atoms with Gasteiger partial charge in [0.15, 0.2) is 0 Å².